The third kappa shape index (κ3) is 17.7. The van der Waals surface area contributed by atoms with Crippen molar-refractivity contribution in [3.05, 3.63) is 0 Å². The van der Waals surface area contributed by atoms with Gasteiger partial charge in [0.25, 0.3) is 0 Å². The Hall–Kier alpha value is -0.320. The van der Waals surface area contributed by atoms with E-state index in [0.29, 0.717) is 13.1 Å². The first kappa shape index (κ1) is 19.7. The third-order valence-electron chi connectivity index (χ3n) is 2.58. The highest BCUT2D eigenvalue weighted by atomic mass is 15.4. The maximum Gasteiger partial charge on any atom is 0.0225 e. The molecule has 0 atom stereocenters. The summed E-state index contributed by atoms with van der Waals surface area (Å²) in [7, 11) is 0. The fourth-order valence-electron chi connectivity index (χ4n) is 1.54. The van der Waals surface area contributed by atoms with E-state index < -0.39 is 0 Å². The van der Waals surface area contributed by atoms with Crippen molar-refractivity contribution in [2.24, 2.45) is 11.5 Å². The first-order chi connectivity index (χ1) is 9.91. The molecule has 122 valence electrons. The molecule has 0 aliphatic carbocycles. The molecule has 0 aliphatic heterocycles. The number of hydrazine groups is 1. The largest absolute Gasteiger partial charge is 0.329 e. The number of rotatable bonds is 17. The van der Waals surface area contributed by atoms with Crippen molar-refractivity contribution in [1.82, 2.24) is 32.1 Å². The molecule has 0 amide bonds. The van der Waals surface area contributed by atoms with E-state index >= 15 is 0 Å². The van der Waals surface area contributed by atoms with Crippen LogP contribution in [-0.4, -0.2) is 78.5 Å². The summed E-state index contributed by atoms with van der Waals surface area (Å²) in [5, 5.41) is 13.1. The Labute approximate surface area is 123 Å². The van der Waals surface area contributed by atoms with Crippen molar-refractivity contribution in [2.45, 2.75) is 0 Å². The number of nitrogens with two attached hydrogens (primary N) is 2. The highest BCUT2D eigenvalue weighted by Crippen LogP contribution is 1.62. The quantitative estimate of drug-likeness (QED) is 0.102. The summed E-state index contributed by atoms with van der Waals surface area (Å²) in [5.74, 6) is 0. The maximum absolute atomic E-state index is 5.37. The van der Waals surface area contributed by atoms with Gasteiger partial charge in [-0.05, 0) is 0 Å². The number of nitrogens with one attached hydrogen (secondary N) is 6. The lowest BCUT2D eigenvalue weighted by molar-refractivity contribution is 0.495. The molecule has 0 unspecified atom stereocenters. The average molecular weight is 290 g/mol. The van der Waals surface area contributed by atoms with Crippen LogP contribution in [0, 0.1) is 0 Å². The molecule has 0 radical (unpaired) electrons. The molecule has 8 heteroatoms. The van der Waals surface area contributed by atoms with Gasteiger partial charge in [0.15, 0.2) is 0 Å². The van der Waals surface area contributed by atoms with Gasteiger partial charge in [0, 0.05) is 78.5 Å². The van der Waals surface area contributed by atoms with Crippen LogP contribution in [0.3, 0.4) is 0 Å². The van der Waals surface area contributed by atoms with Crippen LogP contribution in [0.15, 0.2) is 0 Å². The number of hydrogen-bond acceptors (Lipinski definition) is 8. The zero-order valence-corrected chi connectivity index (χ0v) is 12.6. The fraction of sp³-hybridized carbons (Fsp3) is 1.00. The summed E-state index contributed by atoms with van der Waals surface area (Å²) >= 11 is 0. The van der Waals surface area contributed by atoms with E-state index in [-0.39, 0.29) is 0 Å². The van der Waals surface area contributed by atoms with Crippen LogP contribution < -0.4 is 43.6 Å². The average Bonchev–Trinajstić information content (AvgIpc) is 2.47. The molecule has 0 bridgehead atoms. The van der Waals surface area contributed by atoms with Crippen LogP contribution in [0.4, 0.5) is 0 Å². The first-order valence-electron chi connectivity index (χ1n) is 7.60. The smallest absolute Gasteiger partial charge is 0.0225 e. The van der Waals surface area contributed by atoms with Gasteiger partial charge in [-0.2, -0.15) is 0 Å². The second-order valence-corrected chi connectivity index (χ2v) is 4.43. The van der Waals surface area contributed by atoms with E-state index in [1.807, 2.05) is 0 Å². The van der Waals surface area contributed by atoms with Gasteiger partial charge in [-0.1, -0.05) is 0 Å². The highest BCUT2D eigenvalue weighted by molar-refractivity contribution is 4.55. The van der Waals surface area contributed by atoms with Crippen LogP contribution in [0.2, 0.25) is 0 Å². The topological polar surface area (TPSA) is 124 Å². The van der Waals surface area contributed by atoms with E-state index in [9.17, 15) is 0 Å². The predicted molar refractivity (Wildman–Crippen MR) is 85.6 cm³/mol. The standard InChI is InChI=1S/C12H34N8/c13-1-3-15-5-7-17-9-11-19-20-12-10-18-8-6-16-4-2-14/h15-20H,1-14H2. The van der Waals surface area contributed by atoms with Gasteiger partial charge in [-0.3, -0.25) is 10.9 Å². The molecule has 20 heavy (non-hydrogen) atoms. The van der Waals surface area contributed by atoms with Gasteiger partial charge in [0.1, 0.15) is 0 Å². The summed E-state index contributed by atoms with van der Waals surface area (Å²) in [5.41, 5.74) is 17.1. The Morgan fingerprint density at radius 2 is 0.700 bits per heavy atom. The van der Waals surface area contributed by atoms with E-state index in [1.165, 1.54) is 0 Å². The third-order valence-corrected chi connectivity index (χ3v) is 2.58. The van der Waals surface area contributed by atoms with E-state index in [2.05, 4.69) is 32.1 Å². The predicted octanol–water partition coefficient (Wildman–Crippen LogP) is -3.64. The zero-order chi connectivity index (χ0) is 14.7. The Kier molecular flexibility index (Phi) is 18.4. The van der Waals surface area contributed by atoms with Crippen molar-refractivity contribution < 1.29 is 0 Å². The Balaban J connectivity index is 2.89. The molecular weight excluding hydrogens is 256 g/mol. The molecule has 0 aromatic carbocycles. The molecule has 0 heterocycles. The normalized spacial score (nSPS) is 11.1. The summed E-state index contributed by atoms with van der Waals surface area (Å²) in [6.07, 6.45) is 0. The van der Waals surface area contributed by atoms with Gasteiger partial charge in [0.2, 0.25) is 0 Å². The lowest BCUT2D eigenvalue weighted by Crippen LogP contribution is -2.42. The van der Waals surface area contributed by atoms with Crippen LogP contribution in [0.25, 0.3) is 0 Å². The lowest BCUT2D eigenvalue weighted by Gasteiger charge is -2.09. The van der Waals surface area contributed by atoms with Gasteiger partial charge in [-0.25, -0.2) is 0 Å². The molecule has 0 saturated carbocycles. The molecule has 0 spiro atoms. The van der Waals surface area contributed by atoms with Gasteiger partial charge in [-0.15, -0.1) is 0 Å². The van der Waals surface area contributed by atoms with Crippen LogP contribution in [0.5, 0.6) is 0 Å². The Bertz CT molecular complexity index is 152. The molecule has 0 aromatic rings. The second-order valence-electron chi connectivity index (χ2n) is 4.43. The van der Waals surface area contributed by atoms with E-state index in [4.69, 9.17) is 11.5 Å². The molecule has 0 saturated heterocycles. The van der Waals surface area contributed by atoms with Crippen molar-refractivity contribution >= 4 is 0 Å². The summed E-state index contributed by atoms with van der Waals surface area (Å²) in [4.78, 5) is 0. The highest BCUT2D eigenvalue weighted by Gasteiger charge is 1.89. The van der Waals surface area contributed by atoms with Crippen molar-refractivity contribution in [3.63, 3.8) is 0 Å². The summed E-state index contributed by atoms with van der Waals surface area (Å²) in [6, 6.07) is 0. The van der Waals surface area contributed by atoms with Crippen LogP contribution >= 0.6 is 0 Å². The van der Waals surface area contributed by atoms with Crippen molar-refractivity contribution in [1.29, 1.82) is 0 Å². The van der Waals surface area contributed by atoms with Gasteiger partial charge >= 0.3 is 0 Å². The van der Waals surface area contributed by atoms with Gasteiger partial charge in [0.05, 0.1) is 0 Å². The Morgan fingerprint density at radius 3 is 1.05 bits per heavy atom. The fourth-order valence-corrected chi connectivity index (χ4v) is 1.54. The van der Waals surface area contributed by atoms with Crippen molar-refractivity contribution in [2.75, 3.05) is 78.5 Å². The molecule has 0 rings (SSSR count). The van der Waals surface area contributed by atoms with Gasteiger partial charge < -0.3 is 32.7 Å². The molecule has 8 nitrogen and oxygen atoms in total. The van der Waals surface area contributed by atoms with Crippen molar-refractivity contribution in [3.8, 4) is 0 Å². The second kappa shape index (κ2) is 18.7. The molecular formula is C12H34N8. The van der Waals surface area contributed by atoms with Crippen LogP contribution in [0.1, 0.15) is 0 Å². The lowest BCUT2D eigenvalue weighted by atomic mass is 10.5. The summed E-state index contributed by atoms with van der Waals surface area (Å²) in [6.45, 7) is 10.8. The monoisotopic (exact) mass is 290 g/mol. The molecule has 10 N–H and O–H groups in total. The molecule has 0 aliphatic rings. The minimum Gasteiger partial charge on any atom is -0.329 e. The Morgan fingerprint density at radius 1 is 0.400 bits per heavy atom. The first-order valence-corrected chi connectivity index (χ1v) is 7.60. The zero-order valence-electron chi connectivity index (χ0n) is 12.6. The van der Waals surface area contributed by atoms with E-state index in [1.54, 1.807) is 0 Å². The number of hydrogen-bond donors (Lipinski definition) is 8. The minimum atomic E-state index is 0.697. The van der Waals surface area contributed by atoms with E-state index in [0.717, 1.165) is 65.4 Å². The summed E-state index contributed by atoms with van der Waals surface area (Å²) < 4.78 is 0. The molecule has 0 fully saturated rings. The molecule has 0 aromatic heterocycles. The minimum absolute atomic E-state index is 0.697. The van der Waals surface area contributed by atoms with Crippen LogP contribution in [-0.2, 0) is 0 Å². The maximum atomic E-state index is 5.37. The SMILES string of the molecule is NCCNCCNCCNNCCNCCNCCN.